The summed E-state index contributed by atoms with van der Waals surface area (Å²) in [7, 11) is 3.92. The van der Waals surface area contributed by atoms with Crippen LogP contribution in [0.15, 0.2) is 0 Å². The number of ether oxygens (including phenoxy) is 1. The van der Waals surface area contributed by atoms with E-state index in [9.17, 15) is 5.11 Å². The van der Waals surface area contributed by atoms with Crippen molar-refractivity contribution >= 4 is 0 Å². The average Bonchev–Trinajstić information content (AvgIpc) is 2.56. The second-order valence-corrected chi connectivity index (χ2v) is 5.66. The molecule has 0 atom stereocenters. The minimum Gasteiger partial charge on any atom is -0.396 e. The largest absolute Gasteiger partial charge is 0.396 e. The van der Waals surface area contributed by atoms with Crippen molar-refractivity contribution in [3.63, 3.8) is 0 Å². The molecule has 0 amide bonds. The molecule has 0 bridgehead atoms. The summed E-state index contributed by atoms with van der Waals surface area (Å²) in [6, 6.07) is 0. The van der Waals surface area contributed by atoms with Crippen LogP contribution in [0.5, 0.6) is 0 Å². The third kappa shape index (κ3) is 5.36. The molecule has 1 fully saturated rings. The number of methoxy groups -OCH3 is 1. The highest BCUT2D eigenvalue weighted by molar-refractivity contribution is 4.83. The van der Waals surface area contributed by atoms with Crippen molar-refractivity contribution in [1.82, 2.24) is 4.90 Å². The molecule has 1 aliphatic rings. The SMILES string of the molecule is COCCCN(C)CC1(CO)CCCCCC1. The maximum absolute atomic E-state index is 9.74. The van der Waals surface area contributed by atoms with Crippen LogP contribution in [0, 0.1) is 5.41 Å². The molecule has 0 aromatic heterocycles. The minimum absolute atomic E-state index is 0.165. The predicted molar refractivity (Wildman–Crippen MR) is 71.2 cm³/mol. The first kappa shape index (κ1) is 14.9. The maximum Gasteiger partial charge on any atom is 0.0499 e. The van der Waals surface area contributed by atoms with Gasteiger partial charge in [0, 0.05) is 38.8 Å². The van der Waals surface area contributed by atoms with Crippen molar-refractivity contribution in [3.8, 4) is 0 Å². The van der Waals surface area contributed by atoms with Crippen molar-refractivity contribution in [3.05, 3.63) is 0 Å². The summed E-state index contributed by atoms with van der Waals surface area (Å²) in [5.74, 6) is 0. The van der Waals surface area contributed by atoms with Crippen LogP contribution < -0.4 is 0 Å². The zero-order valence-electron chi connectivity index (χ0n) is 11.6. The van der Waals surface area contributed by atoms with Gasteiger partial charge in [-0.3, -0.25) is 0 Å². The predicted octanol–water partition coefficient (Wildman–Crippen LogP) is 2.29. The fourth-order valence-electron chi connectivity index (χ4n) is 2.98. The van der Waals surface area contributed by atoms with Crippen LogP contribution >= 0.6 is 0 Å². The van der Waals surface area contributed by atoms with E-state index in [1.807, 2.05) is 0 Å². The number of nitrogens with zero attached hydrogens (tertiary/aromatic N) is 1. The lowest BCUT2D eigenvalue weighted by molar-refractivity contribution is 0.0653. The molecule has 0 aromatic rings. The third-order valence-electron chi connectivity index (χ3n) is 3.99. The number of aliphatic hydroxyl groups excluding tert-OH is 1. The Hall–Kier alpha value is -0.120. The Morgan fingerprint density at radius 2 is 1.82 bits per heavy atom. The summed E-state index contributed by atoms with van der Waals surface area (Å²) in [6.45, 7) is 3.28. The highest BCUT2D eigenvalue weighted by atomic mass is 16.5. The van der Waals surface area contributed by atoms with Gasteiger partial charge in [0.1, 0.15) is 0 Å². The molecule has 0 aromatic carbocycles. The number of rotatable bonds is 7. The summed E-state index contributed by atoms with van der Waals surface area (Å²) >= 11 is 0. The Kier molecular flexibility index (Phi) is 7.09. The molecule has 17 heavy (non-hydrogen) atoms. The van der Waals surface area contributed by atoms with Crippen molar-refractivity contribution in [2.24, 2.45) is 5.41 Å². The zero-order valence-corrected chi connectivity index (χ0v) is 11.6. The first-order valence-corrected chi connectivity index (χ1v) is 7.01. The second-order valence-electron chi connectivity index (χ2n) is 5.66. The summed E-state index contributed by atoms with van der Waals surface area (Å²) < 4.78 is 5.08. The Labute approximate surface area is 106 Å². The molecule has 0 aliphatic heterocycles. The van der Waals surface area contributed by atoms with E-state index < -0.39 is 0 Å². The molecule has 3 nitrogen and oxygen atoms in total. The minimum atomic E-state index is 0.165. The van der Waals surface area contributed by atoms with Crippen LogP contribution in [-0.4, -0.2) is 50.5 Å². The molecule has 0 heterocycles. The van der Waals surface area contributed by atoms with E-state index in [1.54, 1.807) is 7.11 Å². The van der Waals surface area contributed by atoms with Gasteiger partial charge in [-0.2, -0.15) is 0 Å². The number of hydrogen-bond donors (Lipinski definition) is 1. The van der Waals surface area contributed by atoms with Gasteiger partial charge in [0.25, 0.3) is 0 Å². The fourth-order valence-corrected chi connectivity index (χ4v) is 2.98. The lowest BCUT2D eigenvalue weighted by atomic mass is 9.80. The normalized spacial score (nSPS) is 20.5. The van der Waals surface area contributed by atoms with Crippen molar-refractivity contribution < 1.29 is 9.84 Å². The van der Waals surface area contributed by atoms with E-state index in [2.05, 4.69) is 11.9 Å². The second kappa shape index (κ2) is 8.06. The Morgan fingerprint density at radius 1 is 1.18 bits per heavy atom. The van der Waals surface area contributed by atoms with Gasteiger partial charge in [-0.25, -0.2) is 0 Å². The van der Waals surface area contributed by atoms with Crippen LogP contribution in [-0.2, 0) is 4.74 Å². The lowest BCUT2D eigenvalue weighted by Gasteiger charge is -2.35. The standard InChI is InChI=1S/C14H29NO2/c1-15(10-7-11-17-2)12-14(13-16)8-5-3-4-6-9-14/h16H,3-13H2,1-2H3. The highest BCUT2D eigenvalue weighted by Gasteiger charge is 2.31. The quantitative estimate of drug-likeness (QED) is 0.550. The molecule has 1 aliphatic carbocycles. The molecule has 0 unspecified atom stereocenters. The van der Waals surface area contributed by atoms with E-state index in [0.29, 0.717) is 6.61 Å². The van der Waals surface area contributed by atoms with Gasteiger partial charge in [-0.1, -0.05) is 25.7 Å². The van der Waals surface area contributed by atoms with Crippen LogP contribution in [0.1, 0.15) is 44.9 Å². The Balaban J connectivity index is 2.37. The summed E-state index contributed by atoms with van der Waals surface area (Å²) in [4.78, 5) is 2.36. The molecule has 1 saturated carbocycles. The molecule has 3 heteroatoms. The van der Waals surface area contributed by atoms with E-state index in [0.717, 1.165) is 26.1 Å². The van der Waals surface area contributed by atoms with Gasteiger partial charge < -0.3 is 14.7 Å². The van der Waals surface area contributed by atoms with E-state index in [1.165, 1.54) is 38.5 Å². The van der Waals surface area contributed by atoms with Crippen molar-refractivity contribution in [1.29, 1.82) is 0 Å². The smallest absolute Gasteiger partial charge is 0.0499 e. The summed E-state index contributed by atoms with van der Waals surface area (Å²) in [6.07, 6.45) is 8.72. The molecular weight excluding hydrogens is 214 g/mol. The van der Waals surface area contributed by atoms with Gasteiger partial charge in [0.2, 0.25) is 0 Å². The topological polar surface area (TPSA) is 32.7 Å². The van der Waals surface area contributed by atoms with E-state index in [-0.39, 0.29) is 5.41 Å². The van der Waals surface area contributed by atoms with Gasteiger partial charge in [-0.05, 0) is 26.3 Å². The van der Waals surface area contributed by atoms with Crippen LogP contribution in [0.3, 0.4) is 0 Å². The molecule has 1 rings (SSSR count). The number of aliphatic hydroxyl groups is 1. The Bertz CT molecular complexity index is 189. The molecule has 0 saturated heterocycles. The maximum atomic E-state index is 9.74. The molecule has 102 valence electrons. The summed E-state index contributed by atoms with van der Waals surface area (Å²) in [5.41, 5.74) is 0.165. The molecule has 0 spiro atoms. The first-order valence-electron chi connectivity index (χ1n) is 7.01. The van der Waals surface area contributed by atoms with Gasteiger partial charge in [0.05, 0.1) is 0 Å². The third-order valence-corrected chi connectivity index (χ3v) is 3.99. The van der Waals surface area contributed by atoms with Gasteiger partial charge in [0.15, 0.2) is 0 Å². The highest BCUT2D eigenvalue weighted by Crippen LogP contribution is 2.35. The average molecular weight is 243 g/mol. The molecule has 1 N–H and O–H groups in total. The van der Waals surface area contributed by atoms with E-state index >= 15 is 0 Å². The monoisotopic (exact) mass is 243 g/mol. The molecular formula is C14H29NO2. The van der Waals surface area contributed by atoms with Crippen LogP contribution in [0.25, 0.3) is 0 Å². The van der Waals surface area contributed by atoms with Crippen molar-refractivity contribution in [2.75, 3.05) is 40.5 Å². The first-order chi connectivity index (χ1) is 8.22. The van der Waals surface area contributed by atoms with E-state index in [4.69, 9.17) is 4.74 Å². The fraction of sp³-hybridized carbons (Fsp3) is 1.00. The van der Waals surface area contributed by atoms with Gasteiger partial charge in [-0.15, -0.1) is 0 Å². The zero-order chi connectivity index (χ0) is 12.6. The lowest BCUT2D eigenvalue weighted by Crippen LogP contribution is -2.38. The van der Waals surface area contributed by atoms with Crippen molar-refractivity contribution in [2.45, 2.75) is 44.9 Å². The summed E-state index contributed by atoms with van der Waals surface area (Å²) in [5, 5.41) is 9.74. The van der Waals surface area contributed by atoms with Gasteiger partial charge >= 0.3 is 0 Å². The molecule has 0 radical (unpaired) electrons. The Morgan fingerprint density at radius 3 is 2.35 bits per heavy atom. The number of hydrogen-bond acceptors (Lipinski definition) is 3. The van der Waals surface area contributed by atoms with Crippen LogP contribution in [0.4, 0.5) is 0 Å². The van der Waals surface area contributed by atoms with Crippen LogP contribution in [0.2, 0.25) is 0 Å².